The lowest BCUT2D eigenvalue weighted by Gasteiger charge is -2.23. The van der Waals surface area contributed by atoms with Crippen LogP contribution in [0, 0.1) is 0 Å². The van der Waals surface area contributed by atoms with Gasteiger partial charge in [0.25, 0.3) is 0 Å². The summed E-state index contributed by atoms with van der Waals surface area (Å²) < 4.78 is 26.8. The zero-order valence-electron chi connectivity index (χ0n) is 11.8. The Kier molecular flexibility index (Phi) is 5.78. The first-order chi connectivity index (χ1) is 8.88. The van der Waals surface area contributed by atoms with E-state index in [0.717, 1.165) is 13.0 Å². The number of benzene rings is 1. The molecule has 19 heavy (non-hydrogen) atoms. The molecule has 5 nitrogen and oxygen atoms in total. The summed E-state index contributed by atoms with van der Waals surface area (Å²) in [6.07, 6.45) is 0.812. The quantitative estimate of drug-likeness (QED) is 0.788. The third-order valence-electron chi connectivity index (χ3n) is 2.82. The maximum Gasteiger partial charge on any atom is 0.242 e. The molecule has 0 radical (unpaired) electrons. The number of hydrogen-bond donors (Lipinski definition) is 2. The molecule has 0 fully saturated rings. The van der Waals surface area contributed by atoms with Gasteiger partial charge in [0.1, 0.15) is 4.90 Å². The SMILES string of the molecule is CCNS(=O)(=O)c1ccccc1N(C)CCC(C)N. The smallest absolute Gasteiger partial charge is 0.242 e. The minimum atomic E-state index is -3.45. The van der Waals surface area contributed by atoms with Crippen molar-refractivity contribution in [3.8, 4) is 0 Å². The van der Waals surface area contributed by atoms with Crippen LogP contribution in [0.4, 0.5) is 5.69 Å². The van der Waals surface area contributed by atoms with Crippen molar-refractivity contribution in [1.29, 1.82) is 0 Å². The summed E-state index contributed by atoms with van der Waals surface area (Å²) in [4.78, 5) is 2.23. The number of nitrogens with one attached hydrogen (secondary N) is 1. The average molecular weight is 285 g/mol. The van der Waals surface area contributed by atoms with Gasteiger partial charge in [-0.2, -0.15) is 0 Å². The van der Waals surface area contributed by atoms with Crippen LogP contribution in [0.5, 0.6) is 0 Å². The molecule has 0 aliphatic carbocycles. The number of para-hydroxylation sites is 1. The highest BCUT2D eigenvalue weighted by Crippen LogP contribution is 2.24. The second kappa shape index (κ2) is 6.88. The molecule has 0 saturated carbocycles. The number of nitrogens with two attached hydrogens (primary N) is 1. The molecule has 6 heteroatoms. The highest BCUT2D eigenvalue weighted by molar-refractivity contribution is 7.89. The Bertz CT molecular complexity index is 500. The molecule has 0 aliphatic rings. The molecule has 0 amide bonds. The van der Waals surface area contributed by atoms with Crippen LogP contribution < -0.4 is 15.4 Å². The van der Waals surface area contributed by atoms with Crippen LogP contribution >= 0.6 is 0 Å². The van der Waals surface area contributed by atoms with Gasteiger partial charge in [-0.15, -0.1) is 0 Å². The van der Waals surface area contributed by atoms with E-state index < -0.39 is 10.0 Å². The number of sulfonamides is 1. The first kappa shape index (κ1) is 15.9. The highest BCUT2D eigenvalue weighted by atomic mass is 32.2. The minimum Gasteiger partial charge on any atom is -0.373 e. The Morgan fingerprint density at radius 3 is 2.58 bits per heavy atom. The number of rotatable bonds is 7. The van der Waals surface area contributed by atoms with Gasteiger partial charge >= 0.3 is 0 Å². The highest BCUT2D eigenvalue weighted by Gasteiger charge is 2.19. The van der Waals surface area contributed by atoms with Crippen molar-refractivity contribution in [2.24, 2.45) is 5.73 Å². The summed E-state index contributed by atoms with van der Waals surface area (Å²) in [7, 11) is -1.57. The molecule has 0 bridgehead atoms. The van der Waals surface area contributed by atoms with Gasteiger partial charge in [0, 0.05) is 26.2 Å². The van der Waals surface area contributed by atoms with E-state index in [1.807, 2.05) is 31.0 Å². The summed E-state index contributed by atoms with van der Waals surface area (Å²) in [5.74, 6) is 0. The number of anilines is 1. The van der Waals surface area contributed by atoms with E-state index in [0.29, 0.717) is 17.1 Å². The Balaban J connectivity index is 3.02. The van der Waals surface area contributed by atoms with E-state index in [1.54, 1.807) is 19.1 Å². The van der Waals surface area contributed by atoms with Gasteiger partial charge in [0.15, 0.2) is 0 Å². The van der Waals surface area contributed by atoms with Gasteiger partial charge in [-0.1, -0.05) is 19.1 Å². The Morgan fingerprint density at radius 2 is 2.00 bits per heavy atom. The molecular formula is C13H23N3O2S. The predicted octanol–water partition coefficient (Wildman–Crippen LogP) is 1.16. The Labute approximate surface area is 115 Å². The predicted molar refractivity (Wildman–Crippen MR) is 78.8 cm³/mol. The van der Waals surface area contributed by atoms with Crippen LogP contribution in [-0.4, -0.2) is 34.6 Å². The molecule has 1 atom stereocenters. The molecule has 108 valence electrons. The second-order valence-electron chi connectivity index (χ2n) is 4.66. The zero-order chi connectivity index (χ0) is 14.5. The van der Waals surface area contributed by atoms with Crippen molar-refractivity contribution in [1.82, 2.24) is 4.72 Å². The fourth-order valence-electron chi connectivity index (χ4n) is 1.79. The molecule has 1 aromatic carbocycles. The van der Waals surface area contributed by atoms with Gasteiger partial charge in [-0.25, -0.2) is 13.1 Å². The Morgan fingerprint density at radius 1 is 1.37 bits per heavy atom. The van der Waals surface area contributed by atoms with E-state index in [1.165, 1.54) is 0 Å². The maximum atomic E-state index is 12.1. The molecule has 0 aliphatic heterocycles. The normalized spacial score (nSPS) is 13.3. The number of hydrogen-bond acceptors (Lipinski definition) is 4. The van der Waals surface area contributed by atoms with Crippen LogP contribution in [-0.2, 0) is 10.0 Å². The van der Waals surface area contributed by atoms with Crippen molar-refractivity contribution in [3.63, 3.8) is 0 Å². The van der Waals surface area contributed by atoms with Crippen molar-refractivity contribution < 1.29 is 8.42 Å². The fraction of sp³-hybridized carbons (Fsp3) is 0.538. The van der Waals surface area contributed by atoms with Gasteiger partial charge in [0.2, 0.25) is 10.0 Å². The monoisotopic (exact) mass is 285 g/mol. The standard InChI is InChI=1S/C13H23N3O2S/c1-4-15-19(17,18)13-8-6-5-7-12(13)16(3)10-9-11(2)14/h5-8,11,15H,4,9-10,14H2,1-3H3. The van der Waals surface area contributed by atoms with Gasteiger partial charge in [0.05, 0.1) is 5.69 Å². The van der Waals surface area contributed by atoms with Crippen molar-refractivity contribution in [2.45, 2.75) is 31.2 Å². The second-order valence-corrected chi connectivity index (χ2v) is 6.39. The lowest BCUT2D eigenvalue weighted by Crippen LogP contribution is -2.29. The van der Waals surface area contributed by atoms with E-state index >= 15 is 0 Å². The molecule has 1 unspecified atom stereocenters. The van der Waals surface area contributed by atoms with Crippen molar-refractivity contribution in [2.75, 3.05) is 25.0 Å². The lowest BCUT2D eigenvalue weighted by atomic mass is 10.2. The van der Waals surface area contributed by atoms with E-state index in [4.69, 9.17) is 5.73 Å². The van der Waals surface area contributed by atoms with Crippen LogP contribution in [0.25, 0.3) is 0 Å². The summed E-state index contributed by atoms with van der Waals surface area (Å²) in [6, 6.07) is 7.09. The molecule has 0 saturated heterocycles. The maximum absolute atomic E-state index is 12.1. The average Bonchev–Trinajstić information content (AvgIpc) is 2.36. The third-order valence-corrected chi connectivity index (χ3v) is 4.41. The van der Waals surface area contributed by atoms with Gasteiger partial charge < -0.3 is 10.6 Å². The molecule has 3 N–H and O–H groups in total. The molecule has 1 rings (SSSR count). The largest absolute Gasteiger partial charge is 0.373 e. The Hall–Kier alpha value is -1.11. The van der Waals surface area contributed by atoms with Crippen LogP contribution in [0.3, 0.4) is 0 Å². The van der Waals surface area contributed by atoms with E-state index in [9.17, 15) is 8.42 Å². The minimum absolute atomic E-state index is 0.0972. The molecule has 0 aromatic heterocycles. The van der Waals surface area contributed by atoms with Gasteiger partial charge in [-0.05, 0) is 25.5 Å². The third kappa shape index (κ3) is 4.49. The summed E-state index contributed by atoms with van der Waals surface area (Å²) in [5, 5.41) is 0. The molecule has 0 spiro atoms. The molecular weight excluding hydrogens is 262 g/mol. The van der Waals surface area contributed by atoms with Crippen LogP contribution in [0.2, 0.25) is 0 Å². The topological polar surface area (TPSA) is 75.4 Å². The summed E-state index contributed by atoms with van der Waals surface area (Å²) in [5.41, 5.74) is 6.43. The van der Waals surface area contributed by atoms with Crippen molar-refractivity contribution >= 4 is 15.7 Å². The summed E-state index contributed by atoms with van der Waals surface area (Å²) in [6.45, 7) is 4.80. The lowest BCUT2D eigenvalue weighted by molar-refractivity contribution is 0.583. The van der Waals surface area contributed by atoms with Crippen molar-refractivity contribution in [3.05, 3.63) is 24.3 Å². The fourth-order valence-corrected chi connectivity index (χ4v) is 3.08. The van der Waals surface area contributed by atoms with E-state index in [2.05, 4.69) is 4.72 Å². The molecule has 0 heterocycles. The van der Waals surface area contributed by atoms with Crippen LogP contribution in [0.1, 0.15) is 20.3 Å². The molecule has 1 aromatic rings. The first-order valence-electron chi connectivity index (χ1n) is 6.44. The summed E-state index contributed by atoms with van der Waals surface area (Å²) >= 11 is 0. The number of nitrogens with zero attached hydrogens (tertiary/aromatic N) is 1. The van der Waals surface area contributed by atoms with Crippen LogP contribution in [0.15, 0.2) is 29.2 Å². The van der Waals surface area contributed by atoms with E-state index in [-0.39, 0.29) is 6.04 Å². The zero-order valence-corrected chi connectivity index (χ0v) is 12.6. The first-order valence-corrected chi connectivity index (χ1v) is 7.92. The van der Waals surface area contributed by atoms with Gasteiger partial charge in [-0.3, -0.25) is 0 Å².